The fourth-order valence-electron chi connectivity index (χ4n) is 1.81. The highest BCUT2D eigenvalue weighted by Gasteiger charge is 2.12. The fourth-order valence-corrected chi connectivity index (χ4v) is 2.80. The molecule has 0 aromatic carbocycles. The molecular formula is C13H19N3OS. The van der Waals surface area contributed by atoms with E-state index in [4.69, 9.17) is 4.74 Å². The first-order chi connectivity index (χ1) is 8.67. The lowest BCUT2D eigenvalue weighted by Gasteiger charge is -2.09. The minimum atomic E-state index is 0.137. The van der Waals surface area contributed by atoms with Gasteiger partial charge in [-0.2, -0.15) is 0 Å². The molecule has 5 heteroatoms. The minimum absolute atomic E-state index is 0.137. The van der Waals surface area contributed by atoms with Gasteiger partial charge in [-0.25, -0.2) is 9.97 Å². The Labute approximate surface area is 111 Å². The average Bonchev–Trinajstić information content (AvgIpc) is 2.80. The minimum Gasteiger partial charge on any atom is -0.381 e. The lowest BCUT2D eigenvalue weighted by atomic mass is 10.2. The van der Waals surface area contributed by atoms with Crippen molar-refractivity contribution in [3.63, 3.8) is 0 Å². The number of aryl methyl sites for hydroxylation is 1. The Kier molecular flexibility index (Phi) is 4.14. The van der Waals surface area contributed by atoms with E-state index in [1.807, 2.05) is 14.0 Å². The van der Waals surface area contributed by atoms with Crippen molar-refractivity contribution < 1.29 is 4.74 Å². The third-order valence-corrected chi connectivity index (χ3v) is 4.12. The van der Waals surface area contributed by atoms with Crippen molar-refractivity contribution in [3.8, 4) is 0 Å². The molecular weight excluding hydrogens is 246 g/mol. The molecule has 0 amide bonds. The second-order valence-corrected chi connectivity index (χ2v) is 5.39. The Balaban J connectivity index is 2.44. The van der Waals surface area contributed by atoms with Gasteiger partial charge in [0.25, 0.3) is 0 Å². The van der Waals surface area contributed by atoms with Gasteiger partial charge in [0, 0.05) is 25.5 Å². The van der Waals surface area contributed by atoms with Crippen LogP contribution in [0.5, 0.6) is 0 Å². The first-order valence-corrected chi connectivity index (χ1v) is 6.99. The van der Waals surface area contributed by atoms with Crippen molar-refractivity contribution in [3.05, 3.63) is 16.8 Å². The van der Waals surface area contributed by atoms with Crippen LogP contribution in [0.2, 0.25) is 0 Å². The fraction of sp³-hybridized carbons (Fsp3) is 0.538. The van der Waals surface area contributed by atoms with Crippen LogP contribution >= 0.6 is 11.3 Å². The highest BCUT2D eigenvalue weighted by atomic mass is 32.1. The lowest BCUT2D eigenvalue weighted by Crippen LogP contribution is -2.12. The van der Waals surface area contributed by atoms with Crippen LogP contribution in [-0.4, -0.2) is 30.2 Å². The molecule has 0 saturated heterocycles. The van der Waals surface area contributed by atoms with Gasteiger partial charge in [-0.15, -0.1) is 11.3 Å². The molecule has 2 rings (SSSR count). The van der Waals surface area contributed by atoms with Crippen LogP contribution in [0.4, 0.5) is 5.82 Å². The molecule has 2 aromatic rings. The largest absolute Gasteiger partial charge is 0.381 e. The van der Waals surface area contributed by atoms with Gasteiger partial charge in [0.05, 0.1) is 11.5 Å². The maximum absolute atomic E-state index is 5.27. The summed E-state index contributed by atoms with van der Waals surface area (Å²) < 4.78 is 5.27. The standard InChI is InChI=1S/C13H19N3OS/c1-5-9-7-10-12(14-3)15-11(6-8(2)17-4)16-13(10)18-9/h7-8H,5-6H2,1-4H3,(H,14,15,16). The highest BCUT2D eigenvalue weighted by molar-refractivity contribution is 7.18. The molecule has 0 bridgehead atoms. The molecule has 18 heavy (non-hydrogen) atoms. The molecule has 0 fully saturated rings. The zero-order valence-corrected chi connectivity index (χ0v) is 12.1. The number of hydrogen-bond donors (Lipinski definition) is 1. The van der Waals surface area contributed by atoms with Gasteiger partial charge in [0.2, 0.25) is 0 Å². The zero-order chi connectivity index (χ0) is 13.1. The molecule has 0 spiro atoms. The Bertz CT molecular complexity index is 538. The van der Waals surface area contributed by atoms with Crippen LogP contribution in [0, 0.1) is 0 Å². The summed E-state index contributed by atoms with van der Waals surface area (Å²) in [6.45, 7) is 4.18. The van der Waals surface area contributed by atoms with E-state index in [2.05, 4.69) is 28.3 Å². The van der Waals surface area contributed by atoms with Crippen LogP contribution in [0.15, 0.2) is 6.07 Å². The number of methoxy groups -OCH3 is 1. The van der Waals surface area contributed by atoms with Crippen molar-refractivity contribution in [2.45, 2.75) is 32.8 Å². The van der Waals surface area contributed by atoms with Gasteiger partial charge in [-0.05, 0) is 19.4 Å². The summed E-state index contributed by atoms with van der Waals surface area (Å²) in [4.78, 5) is 11.6. The number of aromatic nitrogens is 2. The Hall–Kier alpha value is -1.20. The topological polar surface area (TPSA) is 47.0 Å². The third kappa shape index (κ3) is 2.62. The summed E-state index contributed by atoms with van der Waals surface area (Å²) in [5.41, 5.74) is 0. The van der Waals surface area contributed by atoms with Crippen molar-refractivity contribution in [1.82, 2.24) is 9.97 Å². The van der Waals surface area contributed by atoms with Crippen molar-refractivity contribution in [2.24, 2.45) is 0 Å². The van der Waals surface area contributed by atoms with Crippen molar-refractivity contribution in [2.75, 3.05) is 19.5 Å². The number of fused-ring (bicyclic) bond motifs is 1. The normalized spacial score (nSPS) is 12.9. The second-order valence-electron chi connectivity index (χ2n) is 4.27. The smallest absolute Gasteiger partial charge is 0.138 e. The first kappa shape index (κ1) is 13.2. The maximum atomic E-state index is 5.27. The van der Waals surface area contributed by atoms with Gasteiger partial charge in [-0.1, -0.05) is 6.92 Å². The number of nitrogens with zero attached hydrogens (tertiary/aromatic N) is 2. The van der Waals surface area contributed by atoms with Crippen molar-refractivity contribution in [1.29, 1.82) is 0 Å². The van der Waals surface area contributed by atoms with Crippen LogP contribution in [0.3, 0.4) is 0 Å². The molecule has 98 valence electrons. The molecule has 0 aliphatic rings. The molecule has 0 aliphatic heterocycles. The molecule has 1 atom stereocenters. The molecule has 2 aromatic heterocycles. The van der Waals surface area contributed by atoms with E-state index in [1.54, 1.807) is 18.4 Å². The number of nitrogens with one attached hydrogen (secondary N) is 1. The van der Waals surface area contributed by atoms with Gasteiger partial charge < -0.3 is 10.1 Å². The van der Waals surface area contributed by atoms with Crippen LogP contribution in [0.25, 0.3) is 10.2 Å². The Morgan fingerprint density at radius 2 is 2.22 bits per heavy atom. The molecule has 0 saturated carbocycles. The van der Waals surface area contributed by atoms with E-state index in [0.29, 0.717) is 0 Å². The summed E-state index contributed by atoms with van der Waals surface area (Å²) in [5, 5.41) is 4.27. The second kappa shape index (κ2) is 5.63. The monoisotopic (exact) mass is 265 g/mol. The van der Waals surface area contributed by atoms with E-state index in [1.165, 1.54) is 4.88 Å². The highest BCUT2D eigenvalue weighted by Crippen LogP contribution is 2.29. The van der Waals surface area contributed by atoms with Crippen LogP contribution in [-0.2, 0) is 17.6 Å². The number of anilines is 1. The Morgan fingerprint density at radius 3 is 2.83 bits per heavy atom. The Morgan fingerprint density at radius 1 is 1.44 bits per heavy atom. The van der Waals surface area contributed by atoms with Crippen LogP contribution < -0.4 is 5.32 Å². The zero-order valence-electron chi connectivity index (χ0n) is 11.3. The van der Waals surface area contributed by atoms with Gasteiger partial charge in [0.1, 0.15) is 16.5 Å². The van der Waals surface area contributed by atoms with Gasteiger partial charge >= 0.3 is 0 Å². The number of thiophene rings is 1. The predicted octanol–water partition coefficient (Wildman–Crippen LogP) is 2.87. The number of hydrogen-bond acceptors (Lipinski definition) is 5. The molecule has 4 nitrogen and oxygen atoms in total. The summed E-state index contributed by atoms with van der Waals surface area (Å²) >= 11 is 1.74. The summed E-state index contributed by atoms with van der Waals surface area (Å²) in [6, 6.07) is 2.18. The number of rotatable bonds is 5. The maximum Gasteiger partial charge on any atom is 0.138 e. The van der Waals surface area contributed by atoms with Crippen LogP contribution in [0.1, 0.15) is 24.5 Å². The van der Waals surface area contributed by atoms with E-state index < -0.39 is 0 Å². The van der Waals surface area contributed by atoms with E-state index in [0.717, 1.165) is 34.7 Å². The van der Waals surface area contributed by atoms with Gasteiger partial charge in [-0.3, -0.25) is 0 Å². The van der Waals surface area contributed by atoms with E-state index in [-0.39, 0.29) is 6.10 Å². The average molecular weight is 265 g/mol. The molecule has 0 aliphatic carbocycles. The lowest BCUT2D eigenvalue weighted by molar-refractivity contribution is 0.117. The summed E-state index contributed by atoms with van der Waals surface area (Å²) in [7, 11) is 3.61. The van der Waals surface area contributed by atoms with Crippen molar-refractivity contribution >= 4 is 27.4 Å². The quantitative estimate of drug-likeness (QED) is 0.903. The molecule has 0 radical (unpaired) electrons. The number of ether oxygens (including phenoxy) is 1. The first-order valence-electron chi connectivity index (χ1n) is 6.17. The molecule has 1 unspecified atom stereocenters. The summed E-state index contributed by atoms with van der Waals surface area (Å²) in [6.07, 6.45) is 1.91. The molecule has 2 heterocycles. The van der Waals surface area contributed by atoms with E-state index >= 15 is 0 Å². The third-order valence-electron chi connectivity index (χ3n) is 2.95. The predicted molar refractivity (Wildman–Crippen MR) is 76.5 cm³/mol. The van der Waals surface area contributed by atoms with E-state index in [9.17, 15) is 0 Å². The van der Waals surface area contributed by atoms with Gasteiger partial charge in [0.15, 0.2) is 0 Å². The SMILES string of the molecule is CCc1cc2c(NC)nc(CC(C)OC)nc2s1. The summed E-state index contributed by atoms with van der Waals surface area (Å²) in [5.74, 6) is 1.75. The molecule has 1 N–H and O–H groups in total.